The van der Waals surface area contributed by atoms with Crippen molar-refractivity contribution < 1.29 is 4.79 Å². The first-order valence-electron chi connectivity index (χ1n) is 7.56. The molecule has 2 aromatic heterocycles. The Morgan fingerprint density at radius 3 is 3.10 bits per heavy atom. The van der Waals surface area contributed by atoms with Gasteiger partial charge in [0.05, 0.1) is 5.52 Å². The number of fused-ring (bicyclic) bond motifs is 1. The highest BCUT2D eigenvalue weighted by atomic mass is 16.2. The molecule has 0 aliphatic heterocycles. The number of carbonyl (C=O) groups excluding carboxylic acids is 1. The third-order valence-electron chi connectivity index (χ3n) is 4.19. The summed E-state index contributed by atoms with van der Waals surface area (Å²) in [4.78, 5) is 26.1. The first kappa shape index (κ1) is 14.0. The Morgan fingerprint density at radius 2 is 2.38 bits per heavy atom. The second kappa shape index (κ2) is 5.81. The van der Waals surface area contributed by atoms with Gasteiger partial charge in [-0.1, -0.05) is 0 Å². The number of hydrogen-bond donors (Lipinski definition) is 2. The zero-order chi connectivity index (χ0) is 14.8. The second-order valence-corrected chi connectivity index (χ2v) is 5.63. The molecule has 1 fully saturated rings. The number of rotatable bonds is 3. The number of hydrogen-bond acceptors (Lipinski definition) is 4. The molecule has 6 nitrogen and oxygen atoms in total. The number of nitrogens with one attached hydrogen (secondary N) is 1. The minimum atomic E-state index is -0.0606. The Morgan fingerprint density at radius 1 is 1.52 bits per heavy atom. The van der Waals surface area contributed by atoms with Crippen LogP contribution in [0.15, 0.2) is 18.3 Å². The first-order chi connectivity index (χ1) is 10.2. The Labute approximate surface area is 123 Å². The summed E-state index contributed by atoms with van der Waals surface area (Å²) in [6, 6.07) is 4.11. The van der Waals surface area contributed by atoms with E-state index in [1.54, 1.807) is 6.20 Å². The Balaban J connectivity index is 1.84. The van der Waals surface area contributed by atoms with Gasteiger partial charge in [0, 0.05) is 24.8 Å². The van der Waals surface area contributed by atoms with E-state index in [1.165, 1.54) is 0 Å². The number of nitrogens with zero attached hydrogens (tertiary/aromatic N) is 3. The summed E-state index contributed by atoms with van der Waals surface area (Å²) in [5.41, 5.74) is 7.42. The lowest BCUT2D eigenvalue weighted by atomic mass is 9.90. The van der Waals surface area contributed by atoms with Gasteiger partial charge in [0.25, 0.3) is 5.91 Å². The van der Waals surface area contributed by atoms with Gasteiger partial charge >= 0.3 is 0 Å². The molecule has 0 unspecified atom stereocenters. The van der Waals surface area contributed by atoms with Crippen molar-refractivity contribution in [1.29, 1.82) is 0 Å². The minimum Gasteiger partial charge on any atom is -0.333 e. The lowest BCUT2D eigenvalue weighted by Gasteiger charge is -2.35. The summed E-state index contributed by atoms with van der Waals surface area (Å²) in [5, 5.41) is 0. The van der Waals surface area contributed by atoms with E-state index in [0.29, 0.717) is 18.0 Å². The lowest BCUT2D eigenvalue weighted by Crippen LogP contribution is -2.45. The van der Waals surface area contributed by atoms with Crippen molar-refractivity contribution in [2.45, 2.75) is 44.7 Å². The van der Waals surface area contributed by atoms with Crippen LogP contribution in [0.4, 0.5) is 0 Å². The molecule has 0 bridgehead atoms. The summed E-state index contributed by atoms with van der Waals surface area (Å²) in [6.45, 7) is 2.67. The fourth-order valence-electron chi connectivity index (χ4n) is 3.13. The van der Waals surface area contributed by atoms with Crippen molar-refractivity contribution in [3.63, 3.8) is 0 Å². The number of imidazole rings is 1. The quantitative estimate of drug-likeness (QED) is 0.899. The normalized spacial score (nSPS) is 22.4. The SMILES string of the molecule is CCN(C(=O)c1nc2ncccc2[nH]1)[C@H]1CCC[C@@H](N)C1. The van der Waals surface area contributed by atoms with Crippen LogP contribution >= 0.6 is 0 Å². The van der Waals surface area contributed by atoms with Crippen molar-refractivity contribution >= 4 is 17.1 Å². The maximum Gasteiger partial charge on any atom is 0.289 e. The fourth-order valence-corrected chi connectivity index (χ4v) is 3.13. The molecule has 0 spiro atoms. The van der Waals surface area contributed by atoms with Crippen LogP contribution in [0.1, 0.15) is 43.2 Å². The maximum absolute atomic E-state index is 12.7. The van der Waals surface area contributed by atoms with Crippen LogP contribution in [0.5, 0.6) is 0 Å². The van der Waals surface area contributed by atoms with Gasteiger partial charge in [0.15, 0.2) is 11.5 Å². The van der Waals surface area contributed by atoms with E-state index in [2.05, 4.69) is 15.0 Å². The molecule has 2 heterocycles. The molecule has 1 saturated carbocycles. The highest BCUT2D eigenvalue weighted by Gasteiger charge is 2.29. The van der Waals surface area contributed by atoms with E-state index in [4.69, 9.17) is 5.73 Å². The van der Waals surface area contributed by atoms with Crippen molar-refractivity contribution in [2.75, 3.05) is 6.54 Å². The van der Waals surface area contributed by atoms with Crippen LogP contribution in [0.3, 0.4) is 0 Å². The van der Waals surface area contributed by atoms with Crippen molar-refractivity contribution in [1.82, 2.24) is 19.9 Å². The standard InChI is InChI=1S/C15H21N5O/c1-2-20(11-6-3-5-10(16)9-11)15(21)14-18-12-7-4-8-17-13(12)19-14/h4,7-8,10-11H,2-3,5-6,9,16H2,1H3,(H,17,18,19)/t10-,11+/m1/s1. The number of aromatic amines is 1. The molecule has 0 aromatic carbocycles. The number of carbonyl (C=O) groups is 1. The maximum atomic E-state index is 12.7. The number of pyridine rings is 1. The lowest BCUT2D eigenvalue weighted by molar-refractivity contribution is 0.0627. The van der Waals surface area contributed by atoms with Crippen LogP contribution in [-0.4, -0.2) is 44.4 Å². The molecule has 6 heteroatoms. The van der Waals surface area contributed by atoms with E-state index < -0.39 is 0 Å². The van der Waals surface area contributed by atoms with Gasteiger partial charge in [-0.25, -0.2) is 9.97 Å². The fraction of sp³-hybridized carbons (Fsp3) is 0.533. The number of aromatic nitrogens is 3. The van der Waals surface area contributed by atoms with Crippen LogP contribution in [0, 0.1) is 0 Å². The Kier molecular flexibility index (Phi) is 3.88. The zero-order valence-electron chi connectivity index (χ0n) is 12.2. The third kappa shape index (κ3) is 2.76. The monoisotopic (exact) mass is 287 g/mol. The molecule has 3 N–H and O–H groups in total. The van der Waals surface area contributed by atoms with Crippen LogP contribution in [0.2, 0.25) is 0 Å². The molecule has 0 radical (unpaired) electrons. The van der Waals surface area contributed by atoms with Gasteiger partial charge in [-0.05, 0) is 44.7 Å². The molecule has 21 heavy (non-hydrogen) atoms. The minimum absolute atomic E-state index is 0.0606. The molecule has 1 amide bonds. The average Bonchev–Trinajstić information content (AvgIpc) is 2.92. The molecule has 1 aliphatic rings. The van der Waals surface area contributed by atoms with Gasteiger partial charge in [0.2, 0.25) is 0 Å². The highest BCUT2D eigenvalue weighted by molar-refractivity contribution is 5.93. The first-order valence-corrected chi connectivity index (χ1v) is 7.56. The van der Waals surface area contributed by atoms with E-state index in [1.807, 2.05) is 24.0 Å². The third-order valence-corrected chi connectivity index (χ3v) is 4.19. The van der Waals surface area contributed by atoms with Crippen LogP contribution in [-0.2, 0) is 0 Å². The highest BCUT2D eigenvalue weighted by Crippen LogP contribution is 2.23. The summed E-state index contributed by atoms with van der Waals surface area (Å²) in [6.07, 6.45) is 5.70. The Hall–Kier alpha value is -1.95. The van der Waals surface area contributed by atoms with Gasteiger partial charge in [-0.3, -0.25) is 4.79 Å². The summed E-state index contributed by atoms with van der Waals surface area (Å²) in [5.74, 6) is 0.305. The number of amides is 1. The molecule has 3 rings (SSSR count). The molecule has 2 aromatic rings. The molecule has 112 valence electrons. The molecule has 1 aliphatic carbocycles. The van der Waals surface area contributed by atoms with Crippen molar-refractivity contribution in [3.05, 3.63) is 24.2 Å². The van der Waals surface area contributed by atoms with Crippen LogP contribution < -0.4 is 5.73 Å². The topological polar surface area (TPSA) is 87.9 Å². The number of H-pyrrole nitrogens is 1. The van der Waals surface area contributed by atoms with Crippen molar-refractivity contribution in [3.8, 4) is 0 Å². The molecule has 0 saturated heterocycles. The smallest absolute Gasteiger partial charge is 0.289 e. The molecule has 2 atom stereocenters. The molecular formula is C15H21N5O. The van der Waals surface area contributed by atoms with Gasteiger partial charge in [-0.15, -0.1) is 0 Å². The number of nitrogens with two attached hydrogens (primary N) is 1. The average molecular weight is 287 g/mol. The van der Waals surface area contributed by atoms with E-state index in [9.17, 15) is 4.79 Å². The second-order valence-electron chi connectivity index (χ2n) is 5.63. The summed E-state index contributed by atoms with van der Waals surface area (Å²) in [7, 11) is 0. The van der Waals surface area contributed by atoms with Gasteiger partial charge in [-0.2, -0.15) is 0 Å². The largest absolute Gasteiger partial charge is 0.333 e. The van der Waals surface area contributed by atoms with E-state index in [-0.39, 0.29) is 18.0 Å². The summed E-state index contributed by atoms with van der Waals surface area (Å²) < 4.78 is 0. The zero-order valence-corrected chi connectivity index (χ0v) is 12.2. The predicted octanol–water partition coefficient (Wildman–Crippen LogP) is 1.69. The Bertz CT molecular complexity index is 605. The van der Waals surface area contributed by atoms with Gasteiger partial charge < -0.3 is 15.6 Å². The van der Waals surface area contributed by atoms with E-state index >= 15 is 0 Å². The molecular weight excluding hydrogens is 266 g/mol. The van der Waals surface area contributed by atoms with E-state index in [0.717, 1.165) is 31.2 Å². The van der Waals surface area contributed by atoms with Gasteiger partial charge in [0.1, 0.15) is 0 Å². The van der Waals surface area contributed by atoms with Crippen molar-refractivity contribution in [2.24, 2.45) is 5.73 Å². The van der Waals surface area contributed by atoms with Crippen LogP contribution in [0.25, 0.3) is 11.2 Å². The predicted molar refractivity (Wildman–Crippen MR) is 80.8 cm³/mol. The summed E-state index contributed by atoms with van der Waals surface area (Å²) >= 11 is 0.